The van der Waals surface area contributed by atoms with Crippen LogP contribution < -0.4 is 42.5 Å². The number of amides is 8. The standard InChI is InChI=1S/C70H92N10O10.2ClH/c1-40(71-9)61(82)77-59(69(3,4)5)66(87)79-37-42(34-57(79)64(85)74-54-31-19-23-43-21-11-13-25-47(43)54)33-46(81)36-56(76-68(89)90-39-53-51-29-17-15-27-49(51)50-28-16-18-30-52(50)53)63(84)73-45-35-58(65(86)75-55-32-20-24-44-22-12-14-26-48(44)55)80(38-45)67(88)60(70(6,7)8)78-62(83)41(2)72-10;;/h11-18,21-22,25-30,40-42,45,53-60,71-72H,19-20,23-24,31-39H2,1-10H3,(H,73,84)(H,74,85)(H,75,86)(H,76,89)(H,77,82)(H,78,83);2*1H/t40-,41-,42-,45-,54+,55+,56-,57-,58-,59+,60+;;/m0../s1. The summed E-state index contributed by atoms with van der Waals surface area (Å²) in [4.78, 5) is 134. The predicted octanol–water partition coefficient (Wildman–Crippen LogP) is 7.05. The summed E-state index contributed by atoms with van der Waals surface area (Å²) >= 11 is 0. The number of likely N-dealkylation sites (N-methyl/N-ethyl adjacent to an activating group) is 2. The zero-order valence-electron chi connectivity index (χ0n) is 54.7. The van der Waals surface area contributed by atoms with Crippen molar-refractivity contribution in [1.82, 2.24) is 52.3 Å². The minimum absolute atomic E-state index is 0. The number of hydrogen-bond acceptors (Lipinski definition) is 12. The summed E-state index contributed by atoms with van der Waals surface area (Å²) in [5.41, 5.74) is 6.60. The fraction of sp³-hybridized carbons (Fsp3) is 0.529. The first-order valence-electron chi connectivity index (χ1n) is 32.1. The molecule has 498 valence electrons. The number of benzene rings is 4. The largest absolute Gasteiger partial charge is 0.449 e. The van der Waals surface area contributed by atoms with E-state index in [0.29, 0.717) is 12.8 Å². The van der Waals surface area contributed by atoms with E-state index in [1.54, 1.807) is 27.9 Å². The summed E-state index contributed by atoms with van der Waals surface area (Å²) in [5.74, 6) is -4.77. The molecule has 8 amide bonds. The van der Waals surface area contributed by atoms with E-state index in [1.807, 2.05) is 133 Å². The first-order chi connectivity index (χ1) is 42.8. The number of fused-ring (bicyclic) bond motifs is 5. The Kier molecular flexibility index (Phi) is 24.3. The molecule has 4 aromatic carbocycles. The number of Topliss-reactive ketones (excluding diaryl/α,β-unsaturated/α-hetero) is 1. The van der Waals surface area contributed by atoms with Crippen LogP contribution >= 0.6 is 24.8 Å². The number of nitrogens with zero attached hydrogens (tertiary/aromatic N) is 2. The van der Waals surface area contributed by atoms with Gasteiger partial charge in [0.2, 0.25) is 41.4 Å². The van der Waals surface area contributed by atoms with Gasteiger partial charge in [-0.3, -0.25) is 38.4 Å². The molecule has 4 aromatic rings. The first-order valence-corrected chi connectivity index (χ1v) is 32.1. The molecule has 22 heteroatoms. The topological polar surface area (TPSA) is 266 Å². The maximum absolute atomic E-state index is 15.1. The van der Waals surface area contributed by atoms with Gasteiger partial charge in [-0.25, -0.2) is 4.79 Å². The van der Waals surface area contributed by atoms with Gasteiger partial charge in [0, 0.05) is 37.9 Å². The molecule has 2 heterocycles. The fourth-order valence-electron chi connectivity index (χ4n) is 13.7. The van der Waals surface area contributed by atoms with Gasteiger partial charge in [0.05, 0.1) is 24.2 Å². The molecular formula is C70H94Cl2N10O10. The lowest BCUT2D eigenvalue weighted by molar-refractivity contribution is -0.144. The molecule has 3 aliphatic carbocycles. The summed E-state index contributed by atoms with van der Waals surface area (Å²) in [5, 5.41) is 23.9. The fourth-order valence-corrected chi connectivity index (χ4v) is 13.7. The van der Waals surface area contributed by atoms with Gasteiger partial charge in [-0.15, -0.1) is 24.8 Å². The lowest BCUT2D eigenvalue weighted by atomic mass is 9.85. The van der Waals surface area contributed by atoms with Gasteiger partial charge < -0.3 is 57.1 Å². The number of ether oxygens (including phenoxy) is 1. The molecule has 5 aliphatic rings. The van der Waals surface area contributed by atoms with Crippen LogP contribution in [0, 0.1) is 16.7 Å². The summed E-state index contributed by atoms with van der Waals surface area (Å²) in [6, 6.07) is 23.0. The molecule has 0 saturated carbocycles. The van der Waals surface area contributed by atoms with Crippen LogP contribution in [0.5, 0.6) is 0 Å². The monoisotopic (exact) mass is 1300 g/mol. The maximum Gasteiger partial charge on any atom is 0.407 e. The van der Waals surface area contributed by atoms with Crippen LogP contribution in [-0.4, -0.2) is 145 Å². The van der Waals surface area contributed by atoms with E-state index in [2.05, 4.69) is 48.6 Å². The van der Waals surface area contributed by atoms with E-state index in [-0.39, 0.29) is 87.7 Å². The highest BCUT2D eigenvalue weighted by Crippen LogP contribution is 2.45. The van der Waals surface area contributed by atoms with Gasteiger partial charge in [0.1, 0.15) is 42.6 Å². The van der Waals surface area contributed by atoms with Gasteiger partial charge in [0.25, 0.3) is 0 Å². The Morgan fingerprint density at radius 1 is 0.543 bits per heavy atom. The Morgan fingerprint density at radius 2 is 0.978 bits per heavy atom. The van der Waals surface area contributed by atoms with Crippen LogP contribution in [0.1, 0.15) is 158 Å². The number of hydrogen-bond donors (Lipinski definition) is 8. The molecule has 0 radical (unpaired) electrons. The number of halogens is 2. The highest BCUT2D eigenvalue weighted by atomic mass is 35.5. The molecule has 0 unspecified atom stereocenters. The van der Waals surface area contributed by atoms with Crippen LogP contribution in [0.15, 0.2) is 97.1 Å². The maximum atomic E-state index is 15.1. The normalized spacial score (nSPS) is 21.5. The smallest absolute Gasteiger partial charge is 0.407 e. The Morgan fingerprint density at radius 3 is 1.45 bits per heavy atom. The first kappa shape index (κ1) is 72.0. The summed E-state index contributed by atoms with van der Waals surface area (Å²) < 4.78 is 5.97. The lowest BCUT2D eigenvalue weighted by Crippen LogP contribution is -2.59. The van der Waals surface area contributed by atoms with Gasteiger partial charge in [-0.2, -0.15) is 0 Å². The van der Waals surface area contributed by atoms with Crippen molar-refractivity contribution in [3.05, 3.63) is 130 Å². The predicted molar refractivity (Wildman–Crippen MR) is 357 cm³/mol. The Hall–Kier alpha value is -7.39. The molecule has 8 N–H and O–H groups in total. The molecule has 11 atom stereocenters. The second-order valence-corrected chi connectivity index (χ2v) is 27.5. The molecule has 9 rings (SSSR count). The van der Waals surface area contributed by atoms with E-state index in [4.69, 9.17) is 4.74 Å². The van der Waals surface area contributed by atoms with E-state index in [0.717, 1.165) is 70.2 Å². The second-order valence-electron chi connectivity index (χ2n) is 27.5. The van der Waals surface area contributed by atoms with Crippen molar-refractivity contribution in [2.24, 2.45) is 16.7 Å². The van der Waals surface area contributed by atoms with Crippen molar-refractivity contribution in [2.45, 2.75) is 186 Å². The molecule has 2 fully saturated rings. The van der Waals surface area contributed by atoms with E-state index in [1.165, 1.54) is 9.80 Å². The molecule has 0 bridgehead atoms. The number of carbonyl (C=O) groups is 9. The van der Waals surface area contributed by atoms with Crippen molar-refractivity contribution < 1.29 is 47.9 Å². The van der Waals surface area contributed by atoms with Gasteiger partial charge in [-0.05, 0) is 141 Å². The third kappa shape index (κ3) is 16.7. The molecule has 20 nitrogen and oxygen atoms in total. The van der Waals surface area contributed by atoms with Crippen LogP contribution in [0.3, 0.4) is 0 Å². The minimum atomic E-state index is -1.53. The average molecular weight is 1310 g/mol. The van der Waals surface area contributed by atoms with Crippen LogP contribution in [0.4, 0.5) is 4.79 Å². The van der Waals surface area contributed by atoms with Crippen LogP contribution in [-0.2, 0) is 55.9 Å². The highest BCUT2D eigenvalue weighted by Gasteiger charge is 2.49. The van der Waals surface area contributed by atoms with Gasteiger partial charge in [-0.1, -0.05) is 139 Å². The number of ketones is 1. The summed E-state index contributed by atoms with van der Waals surface area (Å²) in [7, 11) is 3.28. The molecule has 2 aliphatic heterocycles. The number of likely N-dealkylation sites (tertiary alicyclic amines) is 2. The molecular weight excluding hydrogens is 1210 g/mol. The SMILES string of the molecule is CN[C@@H](C)C(=O)N[C@H](C(=O)N1C[C@@H](CC(=O)C[C@H](NC(=O)OCC2c3ccccc3-c3ccccc32)C(=O)N[C@H]2C[C@@H](C(=O)N[C@@H]3CCCc4ccccc43)N(C(=O)[C@@H](NC(=O)[C@H](C)NC)C(C)(C)C)C2)C[C@H]1C(=O)N[C@@H]1CCCc2ccccc21)C(C)(C)C.Cl.Cl. The highest BCUT2D eigenvalue weighted by molar-refractivity contribution is 5.97. The number of rotatable bonds is 21. The van der Waals surface area contributed by atoms with Crippen molar-refractivity contribution in [1.29, 1.82) is 0 Å². The second kappa shape index (κ2) is 31.0. The molecule has 92 heavy (non-hydrogen) atoms. The third-order valence-electron chi connectivity index (χ3n) is 18.9. The van der Waals surface area contributed by atoms with Gasteiger partial charge >= 0.3 is 6.09 Å². The average Bonchev–Trinajstić information content (AvgIpc) is 1.61. The molecule has 0 aromatic heterocycles. The van der Waals surface area contributed by atoms with Crippen molar-refractivity contribution in [3.63, 3.8) is 0 Å². The van der Waals surface area contributed by atoms with Gasteiger partial charge in [0.15, 0.2) is 0 Å². The number of aryl methyl sites for hydroxylation is 2. The third-order valence-corrected chi connectivity index (χ3v) is 18.9. The summed E-state index contributed by atoms with van der Waals surface area (Å²) in [6.45, 7) is 14.1. The van der Waals surface area contributed by atoms with Crippen molar-refractivity contribution in [2.75, 3.05) is 33.8 Å². The molecule has 2 saturated heterocycles. The minimum Gasteiger partial charge on any atom is -0.449 e. The Bertz CT molecular complexity index is 3310. The number of nitrogens with one attached hydrogen (secondary N) is 8. The van der Waals surface area contributed by atoms with E-state index < -0.39 is 119 Å². The zero-order chi connectivity index (χ0) is 64.8. The quantitative estimate of drug-likeness (QED) is 0.0417. The van der Waals surface area contributed by atoms with Crippen LogP contribution in [0.2, 0.25) is 0 Å². The Balaban J connectivity index is 0.00000600. The lowest BCUT2D eigenvalue weighted by Gasteiger charge is -2.36. The summed E-state index contributed by atoms with van der Waals surface area (Å²) in [6.07, 6.45) is 3.17. The Labute approximate surface area is 553 Å². The molecule has 0 spiro atoms. The van der Waals surface area contributed by atoms with Crippen molar-refractivity contribution in [3.8, 4) is 11.1 Å². The van der Waals surface area contributed by atoms with E-state index >= 15 is 14.4 Å². The van der Waals surface area contributed by atoms with Crippen LogP contribution in [0.25, 0.3) is 11.1 Å². The van der Waals surface area contributed by atoms with E-state index in [9.17, 15) is 28.8 Å². The number of carbonyl (C=O) groups excluding carboxylic acids is 9. The number of alkyl carbamates (subject to hydrolysis) is 1. The zero-order valence-corrected chi connectivity index (χ0v) is 56.3. The van der Waals surface area contributed by atoms with Crippen molar-refractivity contribution >= 4 is 78.0 Å².